The molecule has 0 aromatic heterocycles. The third kappa shape index (κ3) is 2.97. The SMILES string of the molecule is CC=C(c1ccc(NC)cc1)c1ccc(NC)cc1. The summed E-state index contributed by atoms with van der Waals surface area (Å²) in [6, 6.07) is 17.0. The van der Waals surface area contributed by atoms with Crippen LogP contribution in [0.4, 0.5) is 11.4 Å². The molecule has 2 aromatic rings. The van der Waals surface area contributed by atoms with Gasteiger partial charge in [-0.2, -0.15) is 0 Å². The molecule has 0 aliphatic heterocycles. The molecule has 0 saturated heterocycles. The normalized spacial score (nSPS) is 9.84. The zero-order valence-corrected chi connectivity index (χ0v) is 11.7. The fourth-order valence-electron chi connectivity index (χ4n) is 2.13. The molecule has 0 heterocycles. The summed E-state index contributed by atoms with van der Waals surface area (Å²) in [7, 11) is 3.87. The van der Waals surface area contributed by atoms with Crippen LogP contribution in [0.3, 0.4) is 0 Å². The monoisotopic (exact) mass is 252 g/mol. The highest BCUT2D eigenvalue weighted by Crippen LogP contribution is 2.25. The van der Waals surface area contributed by atoms with Crippen molar-refractivity contribution in [3.63, 3.8) is 0 Å². The lowest BCUT2D eigenvalue weighted by Crippen LogP contribution is -1.92. The maximum Gasteiger partial charge on any atom is 0.0337 e. The van der Waals surface area contributed by atoms with E-state index < -0.39 is 0 Å². The molecule has 0 fully saturated rings. The number of rotatable bonds is 4. The van der Waals surface area contributed by atoms with Gasteiger partial charge in [0.15, 0.2) is 0 Å². The van der Waals surface area contributed by atoms with E-state index in [-0.39, 0.29) is 0 Å². The Morgan fingerprint density at radius 2 is 1.11 bits per heavy atom. The van der Waals surface area contributed by atoms with Crippen LogP contribution in [0.15, 0.2) is 54.6 Å². The number of benzene rings is 2. The van der Waals surface area contributed by atoms with Crippen molar-refractivity contribution in [3.05, 3.63) is 65.7 Å². The van der Waals surface area contributed by atoms with Gasteiger partial charge in [-0.15, -0.1) is 0 Å². The predicted octanol–water partition coefficient (Wildman–Crippen LogP) is 4.22. The summed E-state index contributed by atoms with van der Waals surface area (Å²) in [6.45, 7) is 2.08. The number of allylic oxidation sites excluding steroid dienone is 1. The van der Waals surface area contributed by atoms with Gasteiger partial charge in [0, 0.05) is 25.5 Å². The number of anilines is 2. The molecular formula is C17H20N2. The minimum Gasteiger partial charge on any atom is -0.388 e. The van der Waals surface area contributed by atoms with Crippen LogP contribution in [0, 0.1) is 0 Å². The van der Waals surface area contributed by atoms with Crippen molar-refractivity contribution in [1.82, 2.24) is 0 Å². The third-order valence-corrected chi connectivity index (χ3v) is 3.26. The van der Waals surface area contributed by atoms with Gasteiger partial charge in [0.1, 0.15) is 0 Å². The van der Waals surface area contributed by atoms with Crippen LogP contribution in [0.2, 0.25) is 0 Å². The van der Waals surface area contributed by atoms with Crippen LogP contribution in [0.1, 0.15) is 18.1 Å². The molecule has 0 amide bonds. The molecule has 0 saturated carbocycles. The van der Waals surface area contributed by atoms with E-state index in [2.05, 4.69) is 72.2 Å². The van der Waals surface area contributed by atoms with Gasteiger partial charge in [-0.05, 0) is 47.9 Å². The average Bonchev–Trinajstić information content (AvgIpc) is 2.49. The molecule has 98 valence electrons. The first-order valence-corrected chi connectivity index (χ1v) is 6.51. The Bertz CT molecular complexity index is 501. The largest absolute Gasteiger partial charge is 0.388 e. The molecule has 0 atom stereocenters. The molecule has 0 radical (unpaired) electrons. The van der Waals surface area contributed by atoms with E-state index in [1.807, 2.05) is 14.1 Å². The highest BCUT2D eigenvalue weighted by molar-refractivity contribution is 5.80. The Morgan fingerprint density at radius 3 is 1.37 bits per heavy atom. The average molecular weight is 252 g/mol. The van der Waals surface area contributed by atoms with Crippen molar-refractivity contribution in [1.29, 1.82) is 0 Å². The van der Waals surface area contributed by atoms with Crippen molar-refractivity contribution in [3.8, 4) is 0 Å². The lowest BCUT2D eigenvalue weighted by atomic mass is 9.97. The molecule has 0 spiro atoms. The van der Waals surface area contributed by atoms with E-state index in [0.717, 1.165) is 11.4 Å². The summed E-state index contributed by atoms with van der Waals surface area (Å²) in [4.78, 5) is 0. The molecule has 0 aliphatic rings. The van der Waals surface area contributed by atoms with Crippen LogP contribution in [-0.2, 0) is 0 Å². The number of hydrogen-bond donors (Lipinski definition) is 2. The fraction of sp³-hybridized carbons (Fsp3) is 0.176. The lowest BCUT2D eigenvalue weighted by Gasteiger charge is -2.10. The highest BCUT2D eigenvalue weighted by atomic mass is 14.8. The summed E-state index contributed by atoms with van der Waals surface area (Å²) in [5, 5.41) is 6.28. The minimum atomic E-state index is 1.13. The second-order valence-corrected chi connectivity index (χ2v) is 4.36. The first-order valence-electron chi connectivity index (χ1n) is 6.51. The predicted molar refractivity (Wildman–Crippen MR) is 84.7 cm³/mol. The first kappa shape index (κ1) is 13.2. The number of nitrogens with one attached hydrogen (secondary N) is 2. The Kier molecular flexibility index (Phi) is 4.24. The second-order valence-electron chi connectivity index (χ2n) is 4.36. The second kappa shape index (κ2) is 6.10. The first-order chi connectivity index (χ1) is 9.28. The summed E-state index contributed by atoms with van der Waals surface area (Å²) in [6.07, 6.45) is 2.16. The summed E-state index contributed by atoms with van der Waals surface area (Å²) in [5.41, 5.74) is 5.98. The molecule has 0 unspecified atom stereocenters. The van der Waals surface area contributed by atoms with E-state index in [0.29, 0.717) is 0 Å². The van der Waals surface area contributed by atoms with Crippen molar-refractivity contribution >= 4 is 16.9 Å². The zero-order valence-electron chi connectivity index (χ0n) is 11.7. The standard InChI is InChI=1S/C17H20N2/c1-4-17(13-5-9-15(18-2)10-6-13)14-7-11-16(19-3)12-8-14/h4-12,18-19H,1-3H3. The molecule has 2 rings (SSSR count). The Balaban J connectivity index is 2.32. The van der Waals surface area contributed by atoms with Crippen LogP contribution in [-0.4, -0.2) is 14.1 Å². The minimum absolute atomic E-state index is 1.13. The Labute approximate surface area is 115 Å². The molecule has 2 N–H and O–H groups in total. The molecule has 2 nitrogen and oxygen atoms in total. The quantitative estimate of drug-likeness (QED) is 0.851. The summed E-state index contributed by atoms with van der Waals surface area (Å²) >= 11 is 0. The fourth-order valence-corrected chi connectivity index (χ4v) is 2.13. The molecule has 2 aromatic carbocycles. The van der Waals surface area contributed by atoms with Gasteiger partial charge in [-0.1, -0.05) is 30.3 Å². The maximum absolute atomic E-state index is 3.14. The van der Waals surface area contributed by atoms with E-state index in [1.54, 1.807) is 0 Å². The van der Waals surface area contributed by atoms with E-state index in [4.69, 9.17) is 0 Å². The van der Waals surface area contributed by atoms with Gasteiger partial charge in [-0.3, -0.25) is 0 Å². The topological polar surface area (TPSA) is 24.1 Å². The van der Waals surface area contributed by atoms with Gasteiger partial charge in [0.05, 0.1) is 0 Å². The molecule has 19 heavy (non-hydrogen) atoms. The molecule has 0 aliphatic carbocycles. The Hall–Kier alpha value is -2.22. The van der Waals surface area contributed by atoms with Gasteiger partial charge >= 0.3 is 0 Å². The maximum atomic E-state index is 3.14. The zero-order chi connectivity index (χ0) is 13.7. The van der Waals surface area contributed by atoms with Crippen LogP contribution in [0.25, 0.3) is 5.57 Å². The van der Waals surface area contributed by atoms with E-state index in [1.165, 1.54) is 16.7 Å². The van der Waals surface area contributed by atoms with Crippen LogP contribution < -0.4 is 10.6 Å². The van der Waals surface area contributed by atoms with E-state index >= 15 is 0 Å². The van der Waals surface area contributed by atoms with E-state index in [9.17, 15) is 0 Å². The third-order valence-electron chi connectivity index (χ3n) is 3.26. The van der Waals surface area contributed by atoms with Gasteiger partial charge in [0.2, 0.25) is 0 Å². The van der Waals surface area contributed by atoms with Crippen molar-refractivity contribution < 1.29 is 0 Å². The molecule has 2 heteroatoms. The summed E-state index contributed by atoms with van der Waals surface area (Å²) < 4.78 is 0. The summed E-state index contributed by atoms with van der Waals surface area (Å²) in [5.74, 6) is 0. The van der Waals surface area contributed by atoms with Gasteiger partial charge in [0.25, 0.3) is 0 Å². The smallest absolute Gasteiger partial charge is 0.0337 e. The van der Waals surface area contributed by atoms with Crippen LogP contribution in [0.5, 0.6) is 0 Å². The van der Waals surface area contributed by atoms with Crippen molar-refractivity contribution in [2.45, 2.75) is 6.92 Å². The lowest BCUT2D eigenvalue weighted by molar-refractivity contribution is 1.46. The molecular weight excluding hydrogens is 232 g/mol. The van der Waals surface area contributed by atoms with Gasteiger partial charge in [-0.25, -0.2) is 0 Å². The van der Waals surface area contributed by atoms with Crippen LogP contribution >= 0.6 is 0 Å². The number of hydrogen-bond acceptors (Lipinski definition) is 2. The van der Waals surface area contributed by atoms with Crippen molar-refractivity contribution in [2.75, 3.05) is 24.7 Å². The van der Waals surface area contributed by atoms with Crippen molar-refractivity contribution in [2.24, 2.45) is 0 Å². The Morgan fingerprint density at radius 1 is 0.737 bits per heavy atom. The highest BCUT2D eigenvalue weighted by Gasteiger charge is 2.04. The van der Waals surface area contributed by atoms with Gasteiger partial charge < -0.3 is 10.6 Å². The molecule has 0 bridgehead atoms.